The first kappa shape index (κ1) is 18.2. The lowest BCUT2D eigenvalue weighted by Gasteiger charge is -2.42. The van der Waals surface area contributed by atoms with Crippen molar-refractivity contribution in [1.82, 2.24) is 10.6 Å². The van der Waals surface area contributed by atoms with Crippen molar-refractivity contribution < 1.29 is 14.6 Å². The summed E-state index contributed by atoms with van der Waals surface area (Å²) in [6.45, 7) is 12.3. The zero-order valence-electron chi connectivity index (χ0n) is 14.3. The molecule has 0 bridgehead atoms. The Bertz CT molecular complexity index is 338. The van der Waals surface area contributed by atoms with Gasteiger partial charge in [0.1, 0.15) is 5.60 Å². The number of alkyl carbamates (subject to hydrolysis) is 1. The van der Waals surface area contributed by atoms with Crippen molar-refractivity contribution in [3.05, 3.63) is 0 Å². The number of rotatable bonds is 5. The Labute approximate surface area is 128 Å². The summed E-state index contributed by atoms with van der Waals surface area (Å²) in [6.07, 6.45) is 2.24. The fraction of sp³-hybridized carbons (Fsp3) is 0.938. The molecule has 1 saturated carbocycles. The maximum atomic E-state index is 11.7. The smallest absolute Gasteiger partial charge is 0.407 e. The SMILES string of the molecule is CC(C)(C)OC(=O)NC1CC(NC(CCO)C(C)(C)C)C1. The van der Waals surface area contributed by atoms with Crippen molar-refractivity contribution in [1.29, 1.82) is 0 Å². The molecule has 0 aromatic rings. The van der Waals surface area contributed by atoms with E-state index in [2.05, 4.69) is 31.4 Å². The van der Waals surface area contributed by atoms with Crippen molar-refractivity contribution in [2.45, 2.75) is 84.5 Å². The Morgan fingerprint density at radius 1 is 1.19 bits per heavy atom. The lowest BCUT2D eigenvalue weighted by atomic mass is 9.80. The van der Waals surface area contributed by atoms with E-state index in [0.29, 0.717) is 6.04 Å². The molecule has 1 aliphatic carbocycles. The van der Waals surface area contributed by atoms with Crippen LogP contribution in [0.1, 0.15) is 60.8 Å². The highest BCUT2D eigenvalue weighted by Gasteiger charge is 2.35. The number of carbonyl (C=O) groups is 1. The van der Waals surface area contributed by atoms with Crippen LogP contribution in [0.4, 0.5) is 4.79 Å². The van der Waals surface area contributed by atoms with Crippen LogP contribution in [-0.2, 0) is 4.74 Å². The van der Waals surface area contributed by atoms with Gasteiger partial charge in [0.15, 0.2) is 0 Å². The molecule has 5 heteroatoms. The van der Waals surface area contributed by atoms with Crippen LogP contribution in [0.3, 0.4) is 0 Å². The third kappa shape index (κ3) is 6.66. The molecule has 0 radical (unpaired) electrons. The molecule has 5 nitrogen and oxygen atoms in total. The minimum Gasteiger partial charge on any atom is -0.444 e. The summed E-state index contributed by atoms with van der Waals surface area (Å²) in [7, 11) is 0. The van der Waals surface area contributed by atoms with Crippen LogP contribution in [0.15, 0.2) is 0 Å². The van der Waals surface area contributed by atoms with Gasteiger partial charge >= 0.3 is 6.09 Å². The predicted octanol–water partition coefficient (Wildman–Crippen LogP) is 2.43. The number of carbonyl (C=O) groups excluding carboxylic acids is 1. The van der Waals surface area contributed by atoms with Crippen LogP contribution in [0.5, 0.6) is 0 Å². The van der Waals surface area contributed by atoms with Crippen LogP contribution in [-0.4, -0.2) is 41.5 Å². The maximum absolute atomic E-state index is 11.7. The second-order valence-electron chi connectivity index (χ2n) is 8.11. The van der Waals surface area contributed by atoms with E-state index in [4.69, 9.17) is 9.84 Å². The predicted molar refractivity (Wildman–Crippen MR) is 84.3 cm³/mol. The molecule has 0 saturated heterocycles. The standard InChI is InChI=1S/C16H32N2O3/c1-15(2,3)13(7-8-19)17-11-9-12(10-11)18-14(20)21-16(4,5)6/h11-13,17,19H,7-10H2,1-6H3,(H,18,20). The van der Waals surface area contributed by atoms with Gasteiger partial charge in [0.05, 0.1) is 0 Å². The normalized spacial score (nSPS) is 24.1. The highest BCUT2D eigenvalue weighted by atomic mass is 16.6. The Kier molecular flexibility index (Phi) is 6.05. The molecule has 21 heavy (non-hydrogen) atoms. The Morgan fingerprint density at radius 3 is 2.19 bits per heavy atom. The Hall–Kier alpha value is -0.810. The number of aliphatic hydroxyl groups excluding tert-OH is 1. The molecule has 1 fully saturated rings. The number of nitrogens with one attached hydrogen (secondary N) is 2. The van der Waals surface area contributed by atoms with Crippen LogP contribution >= 0.6 is 0 Å². The Morgan fingerprint density at radius 2 is 1.76 bits per heavy atom. The second kappa shape index (κ2) is 6.97. The molecule has 1 amide bonds. The maximum Gasteiger partial charge on any atom is 0.407 e. The van der Waals surface area contributed by atoms with Gasteiger partial charge in [0.25, 0.3) is 0 Å². The van der Waals surface area contributed by atoms with E-state index in [0.717, 1.165) is 19.3 Å². The molecule has 1 aliphatic rings. The monoisotopic (exact) mass is 300 g/mol. The van der Waals surface area contributed by atoms with Gasteiger partial charge < -0.3 is 20.5 Å². The summed E-state index contributed by atoms with van der Waals surface area (Å²) < 4.78 is 5.25. The first-order valence-electron chi connectivity index (χ1n) is 7.87. The van der Waals surface area contributed by atoms with E-state index in [-0.39, 0.29) is 30.2 Å². The number of aliphatic hydroxyl groups is 1. The molecule has 0 aliphatic heterocycles. The molecule has 1 unspecified atom stereocenters. The Balaban J connectivity index is 2.31. The van der Waals surface area contributed by atoms with E-state index < -0.39 is 5.60 Å². The van der Waals surface area contributed by atoms with Crippen LogP contribution in [0, 0.1) is 5.41 Å². The summed E-state index contributed by atoms with van der Waals surface area (Å²) in [5, 5.41) is 15.7. The zero-order valence-corrected chi connectivity index (χ0v) is 14.3. The van der Waals surface area contributed by atoms with Crippen LogP contribution in [0.25, 0.3) is 0 Å². The number of amides is 1. The van der Waals surface area contributed by atoms with E-state index in [1.165, 1.54) is 0 Å². The summed E-state index contributed by atoms with van der Waals surface area (Å²) in [4.78, 5) is 11.7. The topological polar surface area (TPSA) is 70.6 Å². The largest absolute Gasteiger partial charge is 0.444 e. The molecule has 0 heterocycles. The van der Waals surface area contributed by atoms with Gasteiger partial charge in [0, 0.05) is 24.7 Å². The summed E-state index contributed by atoms with van der Waals surface area (Å²) in [6, 6.07) is 0.878. The number of ether oxygens (including phenoxy) is 1. The van der Waals surface area contributed by atoms with E-state index in [1.807, 2.05) is 20.8 Å². The molecule has 3 N–H and O–H groups in total. The minimum atomic E-state index is -0.454. The van der Waals surface area contributed by atoms with Gasteiger partial charge in [-0.3, -0.25) is 0 Å². The lowest BCUT2D eigenvalue weighted by molar-refractivity contribution is 0.0455. The zero-order chi connectivity index (χ0) is 16.3. The van der Waals surface area contributed by atoms with Gasteiger partial charge in [-0.25, -0.2) is 4.79 Å². The molecular formula is C16H32N2O3. The molecule has 124 valence electrons. The summed E-state index contributed by atoms with van der Waals surface area (Å²) in [5.41, 5.74) is -0.337. The third-order valence-electron chi connectivity index (χ3n) is 3.76. The fourth-order valence-electron chi connectivity index (χ4n) is 2.53. The summed E-state index contributed by atoms with van der Waals surface area (Å²) >= 11 is 0. The average Bonchev–Trinajstić information content (AvgIpc) is 2.20. The molecule has 1 atom stereocenters. The number of hydrogen-bond acceptors (Lipinski definition) is 4. The van der Waals surface area contributed by atoms with Crippen molar-refractivity contribution >= 4 is 6.09 Å². The first-order valence-corrected chi connectivity index (χ1v) is 7.87. The first-order chi connectivity index (χ1) is 9.51. The van der Waals surface area contributed by atoms with Crippen molar-refractivity contribution in [2.75, 3.05) is 6.61 Å². The van der Waals surface area contributed by atoms with E-state index >= 15 is 0 Å². The highest BCUT2D eigenvalue weighted by molar-refractivity contribution is 5.68. The van der Waals surface area contributed by atoms with Gasteiger partial charge in [0.2, 0.25) is 0 Å². The van der Waals surface area contributed by atoms with Crippen LogP contribution < -0.4 is 10.6 Å². The van der Waals surface area contributed by atoms with Gasteiger partial charge in [-0.1, -0.05) is 20.8 Å². The fourth-order valence-corrected chi connectivity index (χ4v) is 2.53. The van der Waals surface area contributed by atoms with Crippen molar-refractivity contribution in [2.24, 2.45) is 5.41 Å². The molecule has 0 aromatic heterocycles. The van der Waals surface area contributed by atoms with E-state index in [9.17, 15) is 4.79 Å². The van der Waals surface area contributed by atoms with Gasteiger partial charge in [-0.2, -0.15) is 0 Å². The van der Waals surface area contributed by atoms with E-state index in [1.54, 1.807) is 0 Å². The molecule has 1 rings (SSSR count). The third-order valence-corrected chi connectivity index (χ3v) is 3.76. The van der Waals surface area contributed by atoms with Crippen molar-refractivity contribution in [3.8, 4) is 0 Å². The van der Waals surface area contributed by atoms with Gasteiger partial charge in [-0.05, 0) is 45.4 Å². The quantitative estimate of drug-likeness (QED) is 0.729. The minimum absolute atomic E-state index is 0.117. The van der Waals surface area contributed by atoms with Crippen molar-refractivity contribution in [3.63, 3.8) is 0 Å². The average molecular weight is 300 g/mol. The number of hydrogen-bond donors (Lipinski definition) is 3. The second-order valence-corrected chi connectivity index (χ2v) is 8.11. The molecular weight excluding hydrogens is 268 g/mol. The molecule has 0 aromatic carbocycles. The van der Waals surface area contributed by atoms with Crippen LogP contribution in [0.2, 0.25) is 0 Å². The molecule has 0 spiro atoms. The highest BCUT2D eigenvalue weighted by Crippen LogP contribution is 2.27. The summed E-state index contributed by atoms with van der Waals surface area (Å²) in [5.74, 6) is 0. The van der Waals surface area contributed by atoms with Gasteiger partial charge in [-0.15, -0.1) is 0 Å². The lowest BCUT2D eigenvalue weighted by Crippen LogP contribution is -2.57.